The van der Waals surface area contributed by atoms with E-state index in [1.54, 1.807) is 24.3 Å². The van der Waals surface area contributed by atoms with E-state index in [1.165, 1.54) is 22.9 Å². The molecule has 0 saturated carbocycles. The van der Waals surface area contributed by atoms with Gasteiger partial charge in [-0.2, -0.15) is 0 Å². The molecule has 0 aromatic heterocycles. The summed E-state index contributed by atoms with van der Waals surface area (Å²) in [7, 11) is 0. The molecule has 2 heterocycles. The number of aliphatic hydroxyl groups excluding tert-OH is 1. The van der Waals surface area contributed by atoms with Crippen molar-refractivity contribution in [3.63, 3.8) is 0 Å². The second kappa shape index (κ2) is 10.4. The summed E-state index contributed by atoms with van der Waals surface area (Å²) in [6.45, 7) is -0.360. The molecule has 0 radical (unpaired) electrons. The first kappa shape index (κ1) is 23.8. The number of aromatic hydroxyl groups is 1. The molecule has 1 saturated heterocycles. The van der Waals surface area contributed by atoms with Crippen molar-refractivity contribution in [2.75, 3.05) is 12.4 Å². The highest BCUT2D eigenvalue weighted by Gasteiger charge is 2.54. The van der Waals surface area contributed by atoms with Crippen LogP contribution < -0.4 is 0 Å². The molecule has 36 heavy (non-hydrogen) atoms. The van der Waals surface area contributed by atoms with Crippen LogP contribution in [0.15, 0.2) is 101 Å². The van der Waals surface area contributed by atoms with Crippen LogP contribution in [0.3, 0.4) is 0 Å². The number of hydrogen-bond acceptors (Lipinski definition) is 7. The summed E-state index contributed by atoms with van der Waals surface area (Å²) in [6, 6.07) is 24.8. The van der Waals surface area contributed by atoms with Crippen molar-refractivity contribution in [1.82, 2.24) is 4.90 Å². The molecule has 0 aliphatic carbocycles. The number of hydrogen-bond donors (Lipinski definition) is 2. The molecule has 0 unspecified atom stereocenters. The van der Waals surface area contributed by atoms with Gasteiger partial charge in [0.15, 0.2) is 12.1 Å². The Morgan fingerprint density at radius 3 is 2.25 bits per heavy atom. The molecule has 2 aliphatic heterocycles. The lowest BCUT2D eigenvalue weighted by Gasteiger charge is -2.48. The largest absolute Gasteiger partial charge is 0.507 e. The van der Waals surface area contributed by atoms with E-state index in [9.17, 15) is 19.8 Å². The molecule has 3 aromatic rings. The topological polar surface area (TPSA) is 99.4 Å². The van der Waals surface area contributed by atoms with Crippen molar-refractivity contribution in [1.29, 1.82) is 0 Å². The lowest BCUT2D eigenvalue weighted by atomic mass is 10.0. The van der Waals surface area contributed by atoms with Crippen molar-refractivity contribution < 1.29 is 24.5 Å². The predicted octanol–water partition coefficient (Wildman–Crippen LogP) is 3.67. The third-order valence-corrected chi connectivity index (χ3v) is 7.47. The lowest BCUT2D eigenvalue weighted by molar-refractivity contribution is -0.153. The summed E-state index contributed by atoms with van der Waals surface area (Å²) in [5.74, 6) is -0.577. The van der Waals surface area contributed by atoms with Crippen LogP contribution in [0, 0.1) is 0 Å². The van der Waals surface area contributed by atoms with E-state index in [2.05, 4.69) is 4.99 Å². The minimum absolute atomic E-state index is 0.0702. The number of benzene rings is 3. The highest BCUT2D eigenvalue weighted by atomic mass is 32.2. The Kier molecular flexibility index (Phi) is 6.88. The molecule has 1 amide bonds. The average Bonchev–Trinajstić information content (AvgIpc) is 2.92. The zero-order valence-corrected chi connectivity index (χ0v) is 20.0. The fraction of sp³-hybridized carbons (Fsp3) is 0.179. The molecular formula is C28H24N2O5S. The first-order valence-corrected chi connectivity index (χ1v) is 12.5. The number of amides is 1. The van der Waals surface area contributed by atoms with Gasteiger partial charge < -0.3 is 14.9 Å². The van der Waals surface area contributed by atoms with E-state index in [0.717, 1.165) is 11.1 Å². The molecule has 1 fully saturated rings. The Labute approximate surface area is 212 Å². The van der Waals surface area contributed by atoms with Crippen molar-refractivity contribution in [2.24, 2.45) is 4.99 Å². The van der Waals surface area contributed by atoms with Crippen molar-refractivity contribution in [2.45, 2.75) is 17.5 Å². The maximum atomic E-state index is 13.5. The molecule has 7 nitrogen and oxygen atoms in total. The van der Waals surface area contributed by atoms with Gasteiger partial charge in [-0.15, -0.1) is 11.8 Å². The standard InChI is InChI=1S/C28H24N2O5S/c31-16-21-17-36-27-23(29-15-20-13-7-8-14-22(20)32)26(33)30(27)24(21)28(34)35-25(18-9-3-1-4-10-18)19-11-5-2-6-12-19/h1-15,23,25,27,31-32H,16-17H2/t23-,27+/m1/s1. The SMILES string of the molecule is O=C(OC(c1ccccc1)c1ccccc1)C1=C(CO)CS[C@H]2[C@H](N=Cc3ccccc3O)C(=O)N12. The number of carbonyl (C=O) groups excluding carboxylic acids is 2. The Morgan fingerprint density at radius 1 is 1.03 bits per heavy atom. The van der Waals surface area contributed by atoms with Gasteiger partial charge in [0.25, 0.3) is 5.91 Å². The van der Waals surface area contributed by atoms with E-state index in [-0.39, 0.29) is 24.0 Å². The summed E-state index contributed by atoms with van der Waals surface area (Å²) in [4.78, 5) is 32.4. The summed E-state index contributed by atoms with van der Waals surface area (Å²) >= 11 is 1.43. The molecular weight excluding hydrogens is 476 g/mol. The van der Waals surface area contributed by atoms with Crippen LogP contribution in [0.1, 0.15) is 22.8 Å². The molecule has 2 aliphatic rings. The first-order valence-electron chi connectivity index (χ1n) is 11.5. The van der Waals surface area contributed by atoms with E-state index < -0.39 is 23.5 Å². The lowest BCUT2D eigenvalue weighted by Crippen LogP contribution is -2.64. The Morgan fingerprint density at radius 2 is 1.64 bits per heavy atom. The molecule has 5 rings (SSSR count). The number of nitrogens with zero attached hydrogens (tertiary/aromatic N) is 2. The van der Waals surface area contributed by atoms with Crippen LogP contribution in [0.25, 0.3) is 0 Å². The summed E-state index contributed by atoms with van der Waals surface area (Å²) in [5, 5.41) is 19.5. The number of aliphatic imine (C=N–C) groups is 1. The van der Waals surface area contributed by atoms with E-state index in [4.69, 9.17) is 4.74 Å². The number of rotatable bonds is 7. The van der Waals surface area contributed by atoms with Crippen LogP contribution >= 0.6 is 11.8 Å². The highest BCUT2D eigenvalue weighted by Crippen LogP contribution is 2.42. The van der Waals surface area contributed by atoms with Crippen molar-refractivity contribution in [3.8, 4) is 5.75 Å². The molecule has 2 N–H and O–H groups in total. The molecule has 0 bridgehead atoms. The quantitative estimate of drug-likeness (QED) is 0.292. The maximum Gasteiger partial charge on any atom is 0.356 e. The van der Waals surface area contributed by atoms with Crippen LogP contribution in [-0.4, -0.2) is 57.0 Å². The monoisotopic (exact) mass is 500 g/mol. The summed E-state index contributed by atoms with van der Waals surface area (Å²) < 4.78 is 5.99. The second-order valence-electron chi connectivity index (χ2n) is 8.41. The zero-order valence-electron chi connectivity index (χ0n) is 19.2. The fourth-order valence-corrected chi connectivity index (χ4v) is 5.61. The van der Waals surface area contributed by atoms with Gasteiger partial charge in [0, 0.05) is 17.5 Å². The van der Waals surface area contributed by atoms with E-state index in [1.807, 2.05) is 60.7 Å². The molecule has 0 spiro atoms. The van der Waals surface area contributed by atoms with Gasteiger partial charge in [-0.05, 0) is 28.8 Å². The number of esters is 1. The molecule has 3 aromatic carbocycles. The van der Waals surface area contributed by atoms with Gasteiger partial charge in [-0.25, -0.2) is 4.79 Å². The summed E-state index contributed by atoms with van der Waals surface area (Å²) in [6.07, 6.45) is 0.798. The van der Waals surface area contributed by atoms with Crippen molar-refractivity contribution in [3.05, 3.63) is 113 Å². The van der Waals surface area contributed by atoms with Gasteiger partial charge >= 0.3 is 5.97 Å². The minimum Gasteiger partial charge on any atom is -0.507 e. The number of aliphatic hydroxyl groups is 1. The Bertz CT molecular complexity index is 1290. The Hall–Kier alpha value is -3.88. The van der Waals surface area contributed by atoms with Gasteiger partial charge in [-0.3, -0.25) is 14.7 Å². The third kappa shape index (κ3) is 4.53. The number of β-lactam (4-membered cyclic amide) rings is 1. The normalized spacial score (nSPS) is 19.4. The van der Waals surface area contributed by atoms with Gasteiger partial charge in [0.1, 0.15) is 16.8 Å². The van der Waals surface area contributed by atoms with Gasteiger partial charge in [0.05, 0.1) is 6.61 Å². The smallest absolute Gasteiger partial charge is 0.356 e. The number of phenolic OH excluding ortho intramolecular Hbond substituents is 1. The number of thioether (sulfide) groups is 1. The summed E-state index contributed by atoms with van der Waals surface area (Å²) in [5.41, 5.74) is 2.62. The van der Waals surface area contributed by atoms with Crippen LogP contribution in [0.5, 0.6) is 5.75 Å². The molecule has 8 heteroatoms. The molecule has 2 atom stereocenters. The van der Waals surface area contributed by atoms with Crippen LogP contribution in [-0.2, 0) is 14.3 Å². The molecule has 182 valence electrons. The van der Waals surface area contributed by atoms with Crippen molar-refractivity contribution >= 4 is 29.9 Å². The second-order valence-corrected chi connectivity index (χ2v) is 9.51. The maximum absolute atomic E-state index is 13.5. The average molecular weight is 501 g/mol. The number of ether oxygens (including phenoxy) is 1. The Balaban J connectivity index is 1.41. The van der Waals surface area contributed by atoms with Crippen LogP contribution in [0.2, 0.25) is 0 Å². The minimum atomic E-state index is -0.698. The number of para-hydroxylation sites is 1. The van der Waals surface area contributed by atoms with Crippen LogP contribution in [0.4, 0.5) is 0 Å². The van der Waals surface area contributed by atoms with Gasteiger partial charge in [0.2, 0.25) is 0 Å². The zero-order chi connectivity index (χ0) is 25.1. The van der Waals surface area contributed by atoms with E-state index in [0.29, 0.717) is 16.9 Å². The number of fused-ring (bicyclic) bond motifs is 1. The fourth-order valence-electron chi connectivity index (χ4n) is 4.28. The van der Waals surface area contributed by atoms with Gasteiger partial charge in [-0.1, -0.05) is 72.8 Å². The predicted molar refractivity (Wildman–Crippen MR) is 138 cm³/mol. The number of phenols is 1. The number of carbonyl (C=O) groups is 2. The first-order chi connectivity index (χ1) is 17.6. The highest BCUT2D eigenvalue weighted by molar-refractivity contribution is 8.00. The third-order valence-electron chi connectivity index (χ3n) is 6.14. The van der Waals surface area contributed by atoms with E-state index >= 15 is 0 Å².